The van der Waals surface area contributed by atoms with Crippen LogP contribution in [0, 0.1) is 17.3 Å². The lowest BCUT2D eigenvalue weighted by atomic mass is 9.49. The van der Waals surface area contributed by atoms with E-state index < -0.39 is 0 Å². The largest absolute Gasteiger partial charge is 0.305 e. The highest BCUT2D eigenvalue weighted by atomic mass is 15.2. The van der Waals surface area contributed by atoms with Gasteiger partial charge < -0.3 is 4.90 Å². The number of fused-ring (bicyclic) bond motifs is 1. The standard InChI is InChI=1S/C16H28N2/c1-16(2)14-6-5-13(15(16)11-14)12-18-8-4-7-17(3)9-10-18/h5,14-15H,4,6-12H2,1-3H3/t14-,15+/m0/s1. The summed E-state index contributed by atoms with van der Waals surface area (Å²) in [5.74, 6) is 1.86. The van der Waals surface area contributed by atoms with E-state index in [4.69, 9.17) is 0 Å². The van der Waals surface area contributed by atoms with E-state index >= 15 is 0 Å². The van der Waals surface area contributed by atoms with Gasteiger partial charge >= 0.3 is 0 Å². The summed E-state index contributed by atoms with van der Waals surface area (Å²) >= 11 is 0. The molecule has 0 aromatic carbocycles. The first-order valence-corrected chi connectivity index (χ1v) is 7.67. The summed E-state index contributed by atoms with van der Waals surface area (Å²) in [5.41, 5.74) is 2.35. The maximum Gasteiger partial charge on any atom is 0.0196 e. The molecule has 1 heterocycles. The zero-order valence-electron chi connectivity index (χ0n) is 12.3. The molecule has 0 unspecified atom stereocenters. The predicted octanol–water partition coefficient (Wildman–Crippen LogP) is 2.62. The fraction of sp³-hybridized carbons (Fsp3) is 0.875. The molecule has 2 nitrogen and oxygen atoms in total. The third-order valence-electron chi connectivity index (χ3n) is 5.80. The molecule has 0 radical (unpaired) electrons. The quantitative estimate of drug-likeness (QED) is 0.693. The van der Waals surface area contributed by atoms with Gasteiger partial charge in [-0.05, 0) is 56.7 Å². The zero-order valence-corrected chi connectivity index (χ0v) is 12.3. The van der Waals surface area contributed by atoms with E-state index in [0.29, 0.717) is 5.41 Å². The van der Waals surface area contributed by atoms with Crippen LogP contribution in [0.3, 0.4) is 0 Å². The zero-order chi connectivity index (χ0) is 12.8. The Bertz CT molecular complexity index is 345. The minimum Gasteiger partial charge on any atom is -0.305 e. The van der Waals surface area contributed by atoms with Gasteiger partial charge in [-0.3, -0.25) is 4.90 Å². The van der Waals surface area contributed by atoms with Crippen LogP contribution in [0.1, 0.15) is 33.1 Å². The van der Waals surface area contributed by atoms with E-state index in [1.54, 1.807) is 5.57 Å². The second-order valence-electron chi connectivity index (χ2n) is 7.25. The number of nitrogens with zero attached hydrogens (tertiary/aromatic N) is 2. The van der Waals surface area contributed by atoms with Gasteiger partial charge in [0.1, 0.15) is 0 Å². The molecule has 2 atom stereocenters. The summed E-state index contributed by atoms with van der Waals surface area (Å²) < 4.78 is 0. The highest BCUT2D eigenvalue weighted by Crippen LogP contribution is 2.59. The molecule has 4 aliphatic rings. The summed E-state index contributed by atoms with van der Waals surface area (Å²) in [6, 6.07) is 0. The van der Waals surface area contributed by atoms with Gasteiger partial charge in [-0.2, -0.15) is 0 Å². The Kier molecular flexibility index (Phi) is 3.27. The highest BCUT2D eigenvalue weighted by Gasteiger charge is 2.51. The van der Waals surface area contributed by atoms with E-state index in [9.17, 15) is 0 Å². The lowest BCUT2D eigenvalue weighted by Gasteiger charge is -2.57. The van der Waals surface area contributed by atoms with Crippen LogP contribution in [0.25, 0.3) is 0 Å². The molecule has 4 rings (SSSR count). The Hall–Kier alpha value is -0.340. The molecule has 0 spiro atoms. The molecule has 0 aromatic heterocycles. The van der Waals surface area contributed by atoms with Crippen LogP contribution in [0.4, 0.5) is 0 Å². The van der Waals surface area contributed by atoms with Crippen LogP contribution in [0.2, 0.25) is 0 Å². The minimum absolute atomic E-state index is 0.590. The number of allylic oxidation sites excluding steroid dienone is 1. The van der Waals surface area contributed by atoms with Gasteiger partial charge in [0.2, 0.25) is 0 Å². The van der Waals surface area contributed by atoms with Crippen LogP contribution in [0.5, 0.6) is 0 Å². The van der Waals surface area contributed by atoms with Crippen molar-refractivity contribution in [3.05, 3.63) is 11.6 Å². The van der Waals surface area contributed by atoms with E-state index in [1.165, 1.54) is 52.0 Å². The van der Waals surface area contributed by atoms with Crippen molar-refractivity contribution in [1.82, 2.24) is 9.80 Å². The second kappa shape index (κ2) is 4.64. The summed E-state index contributed by atoms with van der Waals surface area (Å²) in [6.07, 6.45) is 6.71. The van der Waals surface area contributed by atoms with Gasteiger partial charge in [-0.15, -0.1) is 0 Å². The van der Waals surface area contributed by atoms with Gasteiger partial charge in [0.05, 0.1) is 0 Å². The molecule has 2 heteroatoms. The maximum atomic E-state index is 2.68. The molecule has 0 aromatic rings. The molecular weight excluding hydrogens is 220 g/mol. The molecule has 1 aliphatic heterocycles. The highest BCUT2D eigenvalue weighted by molar-refractivity contribution is 5.24. The van der Waals surface area contributed by atoms with Crippen LogP contribution >= 0.6 is 0 Å². The van der Waals surface area contributed by atoms with Crippen LogP contribution < -0.4 is 0 Å². The molecule has 2 fully saturated rings. The lowest BCUT2D eigenvalue weighted by molar-refractivity contribution is -0.0105. The first-order valence-electron chi connectivity index (χ1n) is 7.67. The van der Waals surface area contributed by atoms with E-state index in [1.807, 2.05) is 0 Å². The Morgan fingerprint density at radius 2 is 2.06 bits per heavy atom. The monoisotopic (exact) mass is 248 g/mol. The average Bonchev–Trinajstić information content (AvgIpc) is 2.54. The topological polar surface area (TPSA) is 6.48 Å². The summed E-state index contributed by atoms with van der Waals surface area (Å²) in [5, 5.41) is 0. The smallest absolute Gasteiger partial charge is 0.0196 e. The predicted molar refractivity (Wildman–Crippen MR) is 76.6 cm³/mol. The van der Waals surface area contributed by atoms with Crippen LogP contribution in [-0.4, -0.2) is 49.6 Å². The van der Waals surface area contributed by atoms with Crippen molar-refractivity contribution >= 4 is 0 Å². The second-order valence-corrected chi connectivity index (χ2v) is 7.25. The van der Waals surface area contributed by atoms with E-state index in [-0.39, 0.29) is 0 Å². The SMILES string of the molecule is CN1CCCN(CC2=CC[C@H]3C[C@H]2C3(C)C)CC1. The summed E-state index contributed by atoms with van der Waals surface area (Å²) in [4.78, 5) is 5.16. The number of hydrogen-bond donors (Lipinski definition) is 0. The maximum absolute atomic E-state index is 2.68. The van der Waals surface area contributed by atoms with Gasteiger partial charge in [0.25, 0.3) is 0 Å². The van der Waals surface area contributed by atoms with Crippen molar-refractivity contribution in [2.75, 3.05) is 39.8 Å². The third kappa shape index (κ3) is 2.14. The fourth-order valence-electron chi connectivity index (χ4n) is 4.17. The number of rotatable bonds is 2. The van der Waals surface area contributed by atoms with Gasteiger partial charge in [-0.1, -0.05) is 25.5 Å². The van der Waals surface area contributed by atoms with Crippen molar-refractivity contribution < 1.29 is 0 Å². The number of likely N-dealkylation sites (N-methyl/N-ethyl adjacent to an activating group) is 1. The Morgan fingerprint density at radius 1 is 1.22 bits per heavy atom. The van der Waals surface area contributed by atoms with Gasteiger partial charge in [0, 0.05) is 19.6 Å². The molecule has 18 heavy (non-hydrogen) atoms. The molecule has 102 valence electrons. The van der Waals surface area contributed by atoms with E-state index in [2.05, 4.69) is 36.8 Å². The Morgan fingerprint density at radius 3 is 2.78 bits per heavy atom. The first-order chi connectivity index (χ1) is 8.57. The minimum atomic E-state index is 0.590. The first kappa shape index (κ1) is 12.7. The molecule has 1 saturated heterocycles. The molecule has 0 amide bonds. The lowest BCUT2D eigenvalue weighted by Crippen LogP contribution is -2.50. The van der Waals surface area contributed by atoms with Crippen molar-refractivity contribution in [3.8, 4) is 0 Å². The summed E-state index contributed by atoms with van der Waals surface area (Å²) in [7, 11) is 2.25. The molecule has 2 bridgehead atoms. The number of hydrogen-bond acceptors (Lipinski definition) is 2. The Labute approximate surface area is 112 Å². The fourth-order valence-corrected chi connectivity index (χ4v) is 4.17. The van der Waals surface area contributed by atoms with E-state index in [0.717, 1.165) is 11.8 Å². The molecule has 0 N–H and O–H groups in total. The summed E-state index contributed by atoms with van der Waals surface area (Å²) in [6.45, 7) is 11.3. The van der Waals surface area contributed by atoms with Crippen LogP contribution in [0.15, 0.2) is 11.6 Å². The van der Waals surface area contributed by atoms with Crippen molar-refractivity contribution in [2.45, 2.75) is 33.1 Å². The van der Waals surface area contributed by atoms with Crippen molar-refractivity contribution in [1.29, 1.82) is 0 Å². The van der Waals surface area contributed by atoms with Gasteiger partial charge in [-0.25, -0.2) is 0 Å². The average molecular weight is 248 g/mol. The third-order valence-corrected chi connectivity index (χ3v) is 5.80. The van der Waals surface area contributed by atoms with Gasteiger partial charge in [0.15, 0.2) is 0 Å². The molecular formula is C16H28N2. The van der Waals surface area contributed by atoms with Crippen LogP contribution in [-0.2, 0) is 0 Å². The molecule has 3 aliphatic carbocycles. The van der Waals surface area contributed by atoms with Crippen molar-refractivity contribution in [3.63, 3.8) is 0 Å². The normalized spacial score (nSPS) is 36.7. The van der Waals surface area contributed by atoms with Crippen molar-refractivity contribution in [2.24, 2.45) is 17.3 Å². The Balaban J connectivity index is 1.61. The molecule has 1 saturated carbocycles.